The number of unbranched alkanes of at least 4 members (excludes halogenated alkanes) is 11. The largest absolute Gasteiger partial charge is 0.462 e. The van der Waals surface area contributed by atoms with Crippen molar-refractivity contribution in [3.8, 4) is 0 Å². The summed E-state index contributed by atoms with van der Waals surface area (Å²) in [7, 11) is 0. The standard InChI is InChI=1S/C42H75N5O6/c1-3-34-22-16-17-26-41(53-34)31-33-24-25-35-37(42(27-18-19-30-51-42)46-40(45-41)47(33)35)39(50)52-32(2)21-14-12-10-8-6-4-5-7-9-11-13-15-23-36(48)38(49)44-29-20-28-43/h16,22,32-37,40,45-46,48H,3-15,17-21,23-31,43H2,1-2H3,(H,44,49)/t32?,33-,34-,35+,36?,37+,40?,41-,42+/m1/s1. The first kappa shape index (κ1) is 42.5. The van der Waals surface area contributed by atoms with E-state index in [4.69, 9.17) is 19.9 Å². The highest BCUT2D eigenvalue weighted by atomic mass is 16.6. The Bertz CT molecular complexity index is 1140. The highest BCUT2D eigenvalue weighted by Crippen LogP contribution is 2.48. The predicted octanol–water partition coefficient (Wildman–Crippen LogP) is 6.27. The number of hydrogen-bond acceptors (Lipinski definition) is 10. The van der Waals surface area contributed by atoms with Gasteiger partial charge in [0.25, 0.3) is 0 Å². The third-order valence-electron chi connectivity index (χ3n) is 12.7. The van der Waals surface area contributed by atoms with E-state index in [1.54, 1.807) is 0 Å². The normalized spacial score (nSPS) is 32.3. The van der Waals surface area contributed by atoms with Gasteiger partial charge in [0.15, 0.2) is 0 Å². The van der Waals surface area contributed by atoms with Crippen molar-refractivity contribution < 1.29 is 28.9 Å². The van der Waals surface area contributed by atoms with Gasteiger partial charge in [0.1, 0.15) is 29.8 Å². The first-order chi connectivity index (χ1) is 25.8. The first-order valence-electron chi connectivity index (χ1n) is 22.0. The molecule has 53 heavy (non-hydrogen) atoms. The number of aliphatic hydroxyl groups is 1. The molecule has 11 heteroatoms. The van der Waals surface area contributed by atoms with Crippen LogP contribution in [0.3, 0.4) is 0 Å². The van der Waals surface area contributed by atoms with Gasteiger partial charge in [-0.05, 0) is 90.5 Å². The van der Waals surface area contributed by atoms with E-state index in [-0.39, 0.29) is 48.1 Å². The molecule has 0 radical (unpaired) electrons. The molecule has 5 heterocycles. The summed E-state index contributed by atoms with van der Waals surface area (Å²) < 4.78 is 19.7. The number of carbonyl (C=O) groups is 2. The minimum atomic E-state index is -0.896. The maximum atomic E-state index is 14.1. The average Bonchev–Trinajstić information content (AvgIpc) is 3.45. The Morgan fingerprint density at radius 3 is 2.32 bits per heavy atom. The molecule has 3 unspecified atom stereocenters. The van der Waals surface area contributed by atoms with Gasteiger partial charge < -0.3 is 30.4 Å². The lowest BCUT2D eigenvalue weighted by molar-refractivity contribution is -0.245. The molecule has 5 rings (SSSR count). The van der Waals surface area contributed by atoms with E-state index in [1.165, 1.54) is 57.8 Å². The van der Waals surface area contributed by atoms with Gasteiger partial charge in [-0.25, -0.2) is 0 Å². The van der Waals surface area contributed by atoms with Crippen LogP contribution in [-0.2, 0) is 23.8 Å². The summed E-state index contributed by atoms with van der Waals surface area (Å²) in [6, 6.07) is 0.470. The number of carbonyl (C=O) groups excluding carboxylic acids is 2. The molecule has 1 amide bonds. The van der Waals surface area contributed by atoms with E-state index in [2.05, 4.69) is 46.8 Å². The molecule has 6 N–H and O–H groups in total. The van der Waals surface area contributed by atoms with Gasteiger partial charge in [-0.1, -0.05) is 89.7 Å². The molecule has 0 aromatic rings. The van der Waals surface area contributed by atoms with Crippen LogP contribution in [0, 0.1) is 5.92 Å². The lowest BCUT2D eigenvalue weighted by Crippen LogP contribution is -2.81. The number of hydrogen-bond donors (Lipinski definition) is 5. The second-order valence-electron chi connectivity index (χ2n) is 16.9. The number of esters is 1. The van der Waals surface area contributed by atoms with Crippen molar-refractivity contribution in [1.82, 2.24) is 20.9 Å². The lowest BCUT2D eigenvalue weighted by atomic mass is 9.80. The Kier molecular flexibility index (Phi) is 17.4. The summed E-state index contributed by atoms with van der Waals surface area (Å²) in [6.45, 7) is 6.01. The topological polar surface area (TPSA) is 147 Å². The van der Waals surface area contributed by atoms with Crippen LogP contribution in [-0.4, -0.2) is 89.7 Å². The lowest BCUT2D eigenvalue weighted by Gasteiger charge is -2.60. The third-order valence-corrected chi connectivity index (χ3v) is 12.7. The van der Waals surface area contributed by atoms with Crippen LogP contribution in [0.4, 0.5) is 0 Å². The minimum absolute atomic E-state index is 0.0822. The second-order valence-corrected chi connectivity index (χ2v) is 16.9. The van der Waals surface area contributed by atoms with Gasteiger partial charge in [-0.2, -0.15) is 0 Å². The Morgan fingerprint density at radius 1 is 0.962 bits per heavy atom. The third kappa shape index (κ3) is 11.9. The summed E-state index contributed by atoms with van der Waals surface area (Å²) >= 11 is 0. The molecule has 4 fully saturated rings. The maximum Gasteiger partial charge on any atom is 0.315 e. The highest BCUT2D eigenvalue weighted by Gasteiger charge is 2.63. The van der Waals surface area contributed by atoms with Gasteiger partial charge in [0.05, 0.1) is 12.2 Å². The molecule has 5 aliphatic heterocycles. The van der Waals surface area contributed by atoms with Crippen LogP contribution in [0.25, 0.3) is 0 Å². The van der Waals surface area contributed by atoms with E-state index < -0.39 is 11.8 Å². The Morgan fingerprint density at radius 2 is 1.66 bits per heavy atom. The predicted molar refractivity (Wildman–Crippen MR) is 208 cm³/mol. The van der Waals surface area contributed by atoms with Gasteiger partial charge in [0, 0.05) is 31.7 Å². The molecule has 0 bridgehead atoms. The molecule has 0 aromatic heterocycles. The smallest absolute Gasteiger partial charge is 0.315 e. The maximum absolute atomic E-state index is 14.1. The number of nitrogens with one attached hydrogen (secondary N) is 3. The molecule has 5 aliphatic rings. The van der Waals surface area contributed by atoms with Crippen molar-refractivity contribution in [1.29, 1.82) is 0 Å². The van der Waals surface area contributed by atoms with Crippen molar-refractivity contribution in [3.63, 3.8) is 0 Å². The number of aliphatic hydroxyl groups excluding tert-OH is 1. The summed E-state index contributed by atoms with van der Waals surface area (Å²) in [5, 5.41) is 20.5. The molecule has 2 spiro atoms. The zero-order chi connectivity index (χ0) is 37.5. The minimum Gasteiger partial charge on any atom is -0.462 e. The van der Waals surface area contributed by atoms with Crippen LogP contribution in [0.5, 0.6) is 0 Å². The van der Waals surface area contributed by atoms with Gasteiger partial charge in [-0.3, -0.25) is 25.1 Å². The molecule has 4 saturated heterocycles. The second kappa shape index (κ2) is 21.6. The summed E-state index contributed by atoms with van der Waals surface area (Å²) in [4.78, 5) is 28.5. The molecule has 11 nitrogen and oxygen atoms in total. The van der Waals surface area contributed by atoms with E-state index >= 15 is 0 Å². The Labute approximate surface area is 320 Å². The molecular formula is C42H75N5O6. The summed E-state index contributed by atoms with van der Waals surface area (Å²) in [6.07, 6.45) is 28.8. The molecule has 0 aliphatic carbocycles. The number of amides is 1. The van der Waals surface area contributed by atoms with E-state index in [9.17, 15) is 14.7 Å². The van der Waals surface area contributed by atoms with Crippen molar-refractivity contribution >= 4 is 11.9 Å². The molecule has 9 atom stereocenters. The molecule has 304 valence electrons. The average molecular weight is 746 g/mol. The van der Waals surface area contributed by atoms with Crippen molar-refractivity contribution in [3.05, 3.63) is 12.2 Å². The zero-order valence-corrected chi connectivity index (χ0v) is 33.3. The Balaban J connectivity index is 0.955. The van der Waals surface area contributed by atoms with Crippen LogP contribution in [0.2, 0.25) is 0 Å². The fraction of sp³-hybridized carbons (Fsp3) is 0.905. The monoisotopic (exact) mass is 746 g/mol. The van der Waals surface area contributed by atoms with Gasteiger partial charge >= 0.3 is 5.97 Å². The number of allylic oxidation sites excluding steroid dienone is 1. The van der Waals surface area contributed by atoms with E-state index in [1.807, 2.05) is 0 Å². The van der Waals surface area contributed by atoms with Crippen LogP contribution < -0.4 is 21.7 Å². The van der Waals surface area contributed by atoms with Crippen molar-refractivity contribution in [2.45, 2.75) is 216 Å². The highest BCUT2D eigenvalue weighted by molar-refractivity contribution is 5.80. The van der Waals surface area contributed by atoms with E-state index in [0.29, 0.717) is 32.2 Å². The first-order valence-corrected chi connectivity index (χ1v) is 22.0. The van der Waals surface area contributed by atoms with Gasteiger partial charge in [0.2, 0.25) is 5.91 Å². The van der Waals surface area contributed by atoms with Crippen molar-refractivity contribution in [2.24, 2.45) is 11.7 Å². The van der Waals surface area contributed by atoms with Crippen LogP contribution >= 0.6 is 0 Å². The summed E-state index contributed by atoms with van der Waals surface area (Å²) in [5.41, 5.74) is 4.37. The fourth-order valence-electron chi connectivity index (χ4n) is 9.77. The van der Waals surface area contributed by atoms with Crippen LogP contribution in [0.15, 0.2) is 12.2 Å². The SMILES string of the molecule is CC[C@@H]1C=CCC[C@]2(C[C@H]3CC[C@H]4[C@@H](C(=O)OC(C)CCCCCCCCCCCCCCC(O)C(=O)NCCCN)[C@@]5(CCCCO5)NC(N2)N34)O1. The van der Waals surface area contributed by atoms with Gasteiger partial charge in [-0.15, -0.1) is 0 Å². The molecule has 0 aromatic carbocycles. The zero-order valence-electron chi connectivity index (χ0n) is 33.3. The number of nitrogens with two attached hydrogens (primary N) is 1. The quantitative estimate of drug-likeness (QED) is 0.0488. The van der Waals surface area contributed by atoms with Crippen molar-refractivity contribution in [2.75, 3.05) is 19.7 Å². The number of ether oxygens (including phenoxy) is 3. The van der Waals surface area contributed by atoms with Crippen LogP contribution in [0.1, 0.15) is 168 Å². The van der Waals surface area contributed by atoms with E-state index in [0.717, 1.165) is 89.9 Å². The summed E-state index contributed by atoms with van der Waals surface area (Å²) in [5.74, 6) is -0.689. The molecular weight excluding hydrogens is 670 g/mol. The number of nitrogens with zero attached hydrogens (tertiary/aromatic N) is 1. The molecule has 0 saturated carbocycles. The Hall–Kier alpha value is -1.60. The number of rotatable bonds is 22. The fourth-order valence-corrected chi connectivity index (χ4v) is 9.77.